The van der Waals surface area contributed by atoms with Gasteiger partial charge in [-0.25, -0.2) is 9.97 Å². The number of pyridine rings is 1. The van der Waals surface area contributed by atoms with E-state index in [1.807, 2.05) is 18.2 Å². The molecule has 25 heavy (non-hydrogen) atoms. The largest absolute Gasteiger partial charge is 0.369 e. The van der Waals surface area contributed by atoms with Crippen LogP contribution in [0.1, 0.15) is 43.4 Å². The Kier molecular flexibility index (Phi) is 4.11. The Morgan fingerprint density at radius 3 is 2.72 bits per heavy atom. The first-order valence-electron chi connectivity index (χ1n) is 9.03. The number of aryl methyl sites for hydroxylation is 1. The molecule has 1 amide bonds. The van der Waals surface area contributed by atoms with Crippen LogP contribution in [0.4, 0.5) is 5.82 Å². The lowest BCUT2D eigenvalue weighted by Crippen LogP contribution is -2.40. The van der Waals surface area contributed by atoms with Crippen LogP contribution in [0.2, 0.25) is 0 Å². The monoisotopic (exact) mass is 337 g/mol. The average Bonchev–Trinajstić information content (AvgIpc) is 3.30. The lowest BCUT2D eigenvalue weighted by Gasteiger charge is -2.26. The van der Waals surface area contributed by atoms with Gasteiger partial charge in [0.2, 0.25) is 5.91 Å². The minimum Gasteiger partial charge on any atom is -0.369 e. The highest BCUT2D eigenvalue weighted by molar-refractivity contribution is 5.82. The van der Waals surface area contributed by atoms with Gasteiger partial charge in [-0.2, -0.15) is 0 Å². The first kappa shape index (κ1) is 16.0. The number of rotatable bonds is 5. The van der Waals surface area contributed by atoms with Gasteiger partial charge in [-0.1, -0.05) is 18.9 Å². The van der Waals surface area contributed by atoms with Gasteiger partial charge in [-0.3, -0.25) is 9.78 Å². The predicted octanol–water partition coefficient (Wildman–Crippen LogP) is 2.48. The second kappa shape index (κ2) is 6.43. The van der Waals surface area contributed by atoms with Crippen molar-refractivity contribution in [2.24, 2.45) is 11.1 Å². The van der Waals surface area contributed by atoms with E-state index in [0.717, 1.165) is 62.2 Å². The molecule has 2 aromatic heterocycles. The number of nitrogens with two attached hydrogens (primary N) is 1. The van der Waals surface area contributed by atoms with Gasteiger partial charge in [0, 0.05) is 24.0 Å². The molecule has 2 aromatic rings. The predicted molar refractivity (Wildman–Crippen MR) is 95.9 cm³/mol. The summed E-state index contributed by atoms with van der Waals surface area (Å²) in [7, 11) is 0. The normalized spacial score (nSPS) is 18.1. The molecule has 0 spiro atoms. The third-order valence-corrected chi connectivity index (χ3v) is 5.50. The zero-order valence-electron chi connectivity index (χ0n) is 14.3. The second-order valence-electron chi connectivity index (χ2n) is 7.09. The van der Waals surface area contributed by atoms with Crippen LogP contribution in [0.5, 0.6) is 0 Å². The molecule has 130 valence electrons. The molecular weight excluding hydrogens is 314 g/mol. The number of carbonyl (C=O) groups is 1. The molecule has 1 fully saturated rings. The Balaban J connectivity index is 1.65. The van der Waals surface area contributed by atoms with Crippen LogP contribution in [-0.4, -0.2) is 27.4 Å². The molecule has 4 rings (SSSR count). The highest BCUT2D eigenvalue weighted by Crippen LogP contribution is 2.38. The van der Waals surface area contributed by atoms with Crippen LogP contribution < -0.4 is 11.1 Å². The molecule has 0 aliphatic heterocycles. The summed E-state index contributed by atoms with van der Waals surface area (Å²) < 4.78 is 0. The van der Waals surface area contributed by atoms with E-state index in [0.29, 0.717) is 12.4 Å². The van der Waals surface area contributed by atoms with E-state index in [1.165, 1.54) is 5.56 Å². The molecule has 2 aliphatic carbocycles. The van der Waals surface area contributed by atoms with Crippen LogP contribution in [-0.2, 0) is 17.6 Å². The molecule has 0 radical (unpaired) electrons. The molecule has 6 heteroatoms. The van der Waals surface area contributed by atoms with Gasteiger partial charge in [-0.15, -0.1) is 0 Å². The highest BCUT2D eigenvalue weighted by Gasteiger charge is 2.39. The van der Waals surface area contributed by atoms with Crippen molar-refractivity contribution < 1.29 is 4.79 Å². The van der Waals surface area contributed by atoms with E-state index >= 15 is 0 Å². The molecule has 6 nitrogen and oxygen atoms in total. The van der Waals surface area contributed by atoms with Gasteiger partial charge < -0.3 is 11.1 Å². The van der Waals surface area contributed by atoms with E-state index in [2.05, 4.69) is 10.3 Å². The summed E-state index contributed by atoms with van der Waals surface area (Å²) in [5.74, 6) is 1.28. The lowest BCUT2D eigenvalue weighted by atomic mass is 9.85. The van der Waals surface area contributed by atoms with Crippen LogP contribution >= 0.6 is 0 Å². The number of hydrogen-bond donors (Lipinski definition) is 2. The zero-order valence-corrected chi connectivity index (χ0v) is 14.3. The lowest BCUT2D eigenvalue weighted by molar-refractivity contribution is -0.126. The fraction of sp³-hybridized carbons (Fsp3) is 0.474. The molecule has 1 saturated carbocycles. The summed E-state index contributed by atoms with van der Waals surface area (Å²) in [5, 5.41) is 3.44. The van der Waals surface area contributed by atoms with E-state index in [4.69, 9.17) is 15.7 Å². The molecule has 3 N–H and O–H groups in total. The summed E-state index contributed by atoms with van der Waals surface area (Å²) in [6, 6.07) is 5.74. The average molecular weight is 337 g/mol. The van der Waals surface area contributed by atoms with Gasteiger partial charge in [-0.05, 0) is 44.2 Å². The van der Waals surface area contributed by atoms with Crippen molar-refractivity contribution in [2.45, 2.75) is 44.9 Å². The van der Waals surface area contributed by atoms with Crippen LogP contribution in [0, 0.1) is 5.41 Å². The maximum atomic E-state index is 12.0. The fourth-order valence-corrected chi connectivity index (χ4v) is 4.00. The van der Waals surface area contributed by atoms with Crippen molar-refractivity contribution in [1.29, 1.82) is 0 Å². The fourth-order valence-electron chi connectivity index (χ4n) is 4.00. The second-order valence-corrected chi connectivity index (χ2v) is 7.09. The number of amides is 1. The third-order valence-electron chi connectivity index (χ3n) is 5.50. The molecule has 0 aromatic carbocycles. The minimum absolute atomic E-state index is 0.201. The van der Waals surface area contributed by atoms with Crippen molar-refractivity contribution in [3.05, 3.63) is 35.7 Å². The number of anilines is 1. The number of carbonyl (C=O) groups excluding carboxylic acids is 1. The van der Waals surface area contributed by atoms with Crippen molar-refractivity contribution in [2.75, 3.05) is 11.9 Å². The summed E-state index contributed by atoms with van der Waals surface area (Å²) in [6.07, 6.45) is 8.62. The number of primary amides is 1. The SMILES string of the molecule is NC(=O)C1(CNc2nc(-c3ccccn3)nc3c2CCC3)CCCC1. The summed E-state index contributed by atoms with van der Waals surface area (Å²) in [5.41, 5.74) is 8.31. The zero-order chi connectivity index (χ0) is 17.3. The molecule has 0 atom stereocenters. The summed E-state index contributed by atoms with van der Waals surface area (Å²) in [6.45, 7) is 0.549. The maximum absolute atomic E-state index is 12.0. The van der Waals surface area contributed by atoms with Crippen LogP contribution in [0.3, 0.4) is 0 Å². The van der Waals surface area contributed by atoms with Crippen LogP contribution in [0.25, 0.3) is 11.5 Å². The van der Waals surface area contributed by atoms with Crippen molar-refractivity contribution in [3.8, 4) is 11.5 Å². The standard InChI is InChI=1S/C19H23N5O/c20-18(25)19(9-2-3-10-19)12-22-16-13-6-5-8-14(13)23-17(24-16)15-7-1-4-11-21-15/h1,4,7,11H,2-3,5-6,8-10,12H2,(H2,20,25)(H,22,23,24). The first-order valence-corrected chi connectivity index (χ1v) is 9.03. The maximum Gasteiger partial charge on any atom is 0.225 e. The van der Waals surface area contributed by atoms with Crippen molar-refractivity contribution in [3.63, 3.8) is 0 Å². The Morgan fingerprint density at radius 1 is 1.16 bits per heavy atom. The van der Waals surface area contributed by atoms with Gasteiger partial charge in [0.05, 0.1) is 5.41 Å². The van der Waals surface area contributed by atoms with E-state index < -0.39 is 5.41 Å². The van der Waals surface area contributed by atoms with Gasteiger partial charge in [0.1, 0.15) is 11.5 Å². The van der Waals surface area contributed by atoms with E-state index in [9.17, 15) is 4.79 Å². The molecule has 0 bridgehead atoms. The summed E-state index contributed by atoms with van der Waals surface area (Å²) >= 11 is 0. The van der Waals surface area contributed by atoms with Gasteiger partial charge in [0.25, 0.3) is 0 Å². The van der Waals surface area contributed by atoms with E-state index in [-0.39, 0.29) is 5.91 Å². The molecule has 0 unspecified atom stereocenters. The number of hydrogen-bond acceptors (Lipinski definition) is 5. The number of fused-ring (bicyclic) bond motifs is 1. The number of nitrogens with one attached hydrogen (secondary N) is 1. The van der Waals surface area contributed by atoms with Gasteiger partial charge >= 0.3 is 0 Å². The highest BCUT2D eigenvalue weighted by atomic mass is 16.1. The first-order chi connectivity index (χ1) is 12.2. The van der Waals surface area contributed by atoms with Crippen LogP contribution in [0.15, 0.2) is 24.4 Å². The Bertz CT molecular complexity index is 784. The third kappa shape index (κ3) is 2.97. The van der Waals surface area contributed by atoms with Gasteiger partial charge in [0.15, 0.2) is 5.82 Å². The quantitative estimate of drug-likeness (QED) is 0.874. The smallest absolute Gasteiger partial charge is 0.225 e. The number of nitrogens with zero attached hydrogens (tertiary/aromatic N) is 3. The Labute approximate surface area is 147 Å². The Morgan fingerprint density at radius 2 is 2.00 bits per heavy atom. The molecule has 2 aliphatic rings. The Hall–Kier alpha value is -2.50. The van der Waals surface area contributed by atoms with Crippen molar-refractivity contribution in [1.82, 2.24) is 15.0 Å². The number of aromatic nitrogens is 3. The van der Waals surface area contributed by atoms with Crippen molar-refractivity contribution >= 4 is 11.7 Å². The summed E-state index contributed by atoms with van der Waals surface area (Å²) in [4.78, 5) is 25.8. The van der Waals surface area contributed by atoms with E-state index in [1.54, 1.807) is 6.20 Å². The minimum atomic E-state index is -0.443. The topological polar surface area (TPSA) is 93.8 Å². The molecular formula is C19H23N5O. The molecule has 0 saturated heterocycles. The molecule has 2 heterocycles.